The van der Waals surface area contributed by atoms with Crippen LogP contribution in [-0.4, -0.2) is 25.2 Å². The molecular weight excluding hydrogens is 264 g/mol. The topological polar surface area (TPSA) is 50.4 Å². The van der Waals surface area contributed by atoms with Crippen molar-refractivity contribution in [1.29, 1.82) is 0 Å². The summed E-state index contributed by atoms with van der Waals surface area (Å²) in [4.78, 5) is 12.0. The third kappa shape index (κ3) is 2.91. The maximum absolute atomic E-state index is 12.0. The van der Waals surface area contributed by atoms with Crippen LogP contribution in [0.25, 0.3) is 10.8 Å². The van der Waals surface area contributed by atoms with Crippen LogP contribution in [0.1, 0.15) is 12.5 Å². The van der Waals surface area contributed by atoms with Gasteiger partial charge in [-0.05, 0) is 29.7 Å². The average molecular weight is 284 g/mol. The van der Waals surface area contributed by atoms with Crippen molar-refractivity contribution in [2.75, 3.05) is 13.2 Å². The highest BCUT2D eigenvalue weighted by molar-refractivity contribution is 5.85. The van der Waals surface area contributed by atoms with Gasteiger partial charge in [-0.1, -0.05) is 42.5 Å². The van der Waals surface area contributed by atoms with Gasteiger partial charge in [-0.3, -0.25) is 15.6 Å². The fourth-order valence-electron chi connectivity index (χ4n) is 2.94. The number of hydrogen-bond acceptors (Lipinski definition) is 4. The number of ether oxygens (including phenoxy) is 1. The van der Waals surface area contributed by atoms with Gasteiger partial charge >= 0.3 is 5.97 Å². The van der Waals surface area contributed by atoms with Crippen molar-refractivity contribution < 1.29 is 9.53 Å². The van der Waals surface area contributed by atoms with E-state index in [0.717, 1.165) is 6.42 Å². The van der Waals surface area contributed by atoms with Crippen molar-refractivity contribution in [2.24, 2.45) is 5.92 Å². The quantitative estimate of drug-likeness (QED) is 0.844. The first kappa shape index (κ1) is 14.0. The lowest BCUT2D eigenvalue weighted by atomic mass is 9.92. The fourth-order valence-corrected chi connectivity index (χ4v) is 2.94. The Balaban J connectivity index is 1.83. The Labute approximate surface area is 124 Å². The molecule has 2 N–H and O–H groups in total. The molecule has 0 radical (unpaired) electrons. The van der Waals surface area contributed by atoms with Crippen LogP contribution in [0.2, 0.25) is 0 Å². The normalized spacial score (nSPS) is 21.6. The van der Waals surface area contributed by atoms with Gasteiger partial charge in [0.15, 0.2) is 0 Å². The van der Waals surface area contributed by atoms with E-state index in [2.05, 4.69) is 47.2 Å². The van der Waals surface area contributed by atoms with E-state index in [4.69, 9.17) is 4.74 Å². The van der Waals surface area contributed by atoms with Gasteiger partial charge in [0.2, 0.25) is 0 Å². The molecule has 1 saturated heterocycles. The van der Waals surface area contributed by atoms with Crippen molar-refractivity contribution in [1.82, 2.24) is 10.9 Å². The van der Waals surface area contributed by atoms with Crippen molar-refractivity contribution in [3.63, 3.8) is 0 Å². The predicted molar refractivity (Wildman–Crippen MR) is 82.7 cm³/mol. The molecule has 3 rings (SSSR count). The summed E-state index contributed by atoms with van der Waals surface area (Å²) in [6, 6.07) is 14.7. The molecule has 21 heavy (non-hydrogen) atoms. The molecule has 1 aliphatic rings. The zero-order valence-corrected chi connectivity index (χ0v) is 12.1. The van der Waals surface area contributed by atoms with Crippen LogP contribution in [0.5, 0.6) is 0 Å². The van der Waals surface area contributed by atoms with Crippen LogP contribution in [0.4, 0.5) is 0 Å². The van der Waals surface area contributed by atoms with E-state index in [1.54, 1.807) is 0 Å². The van der Waals surface area contributed by atoms with Crippen molar-refractivity contribution >= 4 is 16.7 Å². The van der Waals surface area contributed by atoms with E-state index in [-0.39, 0.29) is 17.9 Å². The zero-order valence-electron chi connectivity index (χ0n) is 12.1. The number of hydrogen-bond donors (Lipinski definition) is 2. The molecule has 0 spiro atoms. The minimum absolute atomic E-state index is 0.0647. The Morgan fingerprint density at radius 2 is 2.05 bits per heavy atom. The minimum atomic E-state index is -0.135. The van der Waals surface area contributed by atoms with Crippen molar-refractivity contribution in [3.8, 4) is 0 Å². The molecule has 110 valence electrons. The van der Waals surface area contributed by atoms with Gasteiger partial charge < -0.3 is 4.74 Å². The average Bonchev–Trinajstić information content (AvgIpc) is 2.96. The molecule has 4 heteroatoms. The number of esters is 1. The number of fused-ring (bicyclic) bond motifs is 1. The van der Waals surface area contributed by atoms with Crippen LogP contribution >= 0.6 is 0 Å². The molecule has 0 aromatic heterocycles. The number of hydrazine groups is 1. The molecule has 0 aliphatic carbocycles. The second-order valence-corrected chi connectivity index (χ2v) is 5.33. The standard InChI is InChI=1S/C17H20N2O2/c1-2-21-17(20)15-11-18-19-16(15)10-13-8-5-7-12-6-3-4-9-14(12)13/h3-9,15-16,18-19H,2,10-11H2,1H3. The summed E-state index contributed by atoms with van der Waals surface area (Å²) in [6.45, 7) is 2.89. The molecule has 1 fully saturated rings. The number of nitrogens with one attached hydrogen (secondary N) is 2. The second-order valence-electron chi connectivity index (χ2n) is 5.33. The Bertz CT molecular complexity index is 636. The zero-order chi connectivity index (χ0) is 14.7. The van der Waals surface area contributed by atoms with E-state index in [9.17, 15) is 4.79 Å². The first-order valence-corrected chi connectivity index (χ1v) is 7.41. The fraction of sp³-hybridized carbons (Fsp3) is 0.353. The number of benzene rings is 2. The van der Waals surface area contributed by atoms with E-state index in [1.807, 2.05) is 13.0 Å². The van der Waals surface area contributed by atoms with E-state index in [1.165, 1.54) is 16.3 Å². The maximum Gasteiger partial charge on any atom is 0.311 e. The lowest BCUT2D eigenvalue weighted by molar-refractivity contribution is -0.147. The Morgan fingerprint density at radius 1 is 1.24 bits per heavy atom. The summed E-state index contributed by atoms with van der Waals surface area (Å²) in [7, 11) is 0. The molecule has 0 saturated carbocycles. The smallest absolute Gasteiger partial charge is 0.311 e. The summed E-state index contributed by atoms with van der Waals surface area (Å²) in [5, 5.41) is 2.48. The predicted octanol–water partition coefficient (Wildman–Crippen LogP) is 2.04. The Morgan fingerprint density at radius 3 is 2.90 bits per heavy atom. The minimum Gasteiger partial charge on any atom is -0.466 e. The van der Waals surface area contributed by atoms with Gasteiger partial charge in [0.25, 0.3) is 0 Å². The summed E-state index contributed by atoms with van der Waals surface area (Å²) < 4.78 is 5.16. The van der Waals surface area contributed by atoms with Crippen LogP contribution in [0, 0.1) is 5.92 Å². The highest BCUT2D eigenvalue weighted by atomic mass is 16.5. The van der Waals surface area contributed by atoms with Crippen molar-refractivity contribution in [3.05, 3.63) is 48.0 Å². The first-order chi connectivity index (χ1) is 10.3. The Kier molecular flexibility index (Phi) is 4.18. The highest BCUT2D eigenvalue weighted by Crippen LogP contribution is 2.22. The lowest BCUT2D eigenvalue weighted by Crippen LogP contribution is -2.36. The third-order valence-electron chi connectivity index (χ3n) is 4.00. The molecule has 2 atom stereocenters. The summed E-state index contributed by atoms with van der Waals surface area (Å²) in [6.07, 6.45) is 0.803. The van der Waals surface area contributed by atoms with Crippen LogP contribution < -0.4 is 10.9 Å². The molecule has 0 bridgehead atoms. The molecule has 1 heterocycles. The van der Waals surface area contributed by atoms with Crippen molar-refractivity contribution in [2.45, 2.75) is 19.4 Å². The Hall–Kier alpha value is -1.91. The first-order valence-electron chi connectivity index (χ1n) is 7.41. The number of rotatable bonds is 4. The lowest BCUT2D eigenvalue weighted by Gasteiger charge is -2.18. The molecule has 0 amide bonds. The van der Waals surface area contributed by atoms with E-state index in [0.29, 0.717) is 13.2 Å². The highest BCUT2D eigenvalue weighted by Gasteiger charge is 2.34. The molecule has 1 aliphatic heterocycles. The van der Waals surface area contributed by atoms with Gasteiger partial charge in [-0.15, -0.1) is 0 Å². The number of carbonyl (C=O) groups excluding carboxylic acids is 1. The van der Waals surface area contributed by atoms with E-state index >= 15 is 0 Å². The van der Waals surface area contributed by atoms with Crippen LogP contribution in [0.3, 0.4) is 0 Å². The molecule has 2 aromatic carbocycles. The second kappa shape index (κ2) is 6.24. The van der Waals surface area contributed by atoms with Crippen LogP contribution in [0.15, 0.2) is 42.5 Å². The molecule has 2 unspecified atom stereocenters. The SMILES string of the molecule is CCOC(=O)C1CNNC1Cc1cccc2ccccc12. The van der Waals surface area contributed by atoms with Crippen LogP contribution in [-0.2, 0) is 16.0 Å². The monoisotopic (exact) mass is 284 g/mol. The van der Waals surface area contributed by atoms with Gasteiger partial charge in [0.05, 0.1) is 12.5 Å². The van der Waals surface area contributed by atoms with Gasteiger partial charge in [-0.2, -0.15) is 0 Å². The van der Waals surface area contributed by atoms with Gasteiger partial charge in [0.1, 0.15) is 0 Å². The molecule has 2 aromatic rings. The summed E-state index contributed by atoms with van der Waals surface area (Å²) in [5.74, 6) is -0.260. The van der Waals surface area contributed by atoms with E-state index < -0.39 is 0 Å². The van der Waals surface area contributed by atoms with Gasteiger partial charge in [-0.25, -0.2) is 0 Å². The summed E-state index contributed by atoms with van der Waals surface area (Å²) >= 11 is 0. The third-order valence-corrected chi connectivity index (χ3v) is 4.00. The largest absolute Gasteiger partial charge is 0.466 e. The molecular formula is C17H20N2O2. The summed E-state index contributed by atoms with van der Waals surface area (Å²) in [5.41, 5.74) is 7.54. The number of carbonyl (C=O) groups is 1. The maximum atomic E-state index is 12.0. The van der Waals surface area contributed by atoms with Gasteiger partial charge in [0, 0.05) is 12.6 Å². The molecule has 4 nitrogen and oxygen atoms in total.